The molecule has 136 valence electrons. The SMILES string of the molecule is COc1ccccc1OC(C)CNC(=O)c1n[nH]c2c1CNCC2.Cl. The van der Waals surface area contributed by atoms with Crippen molar-refractivity contribution in [2.45, 2.75) is 26.0 Å². The molecule has 0 radical (unpaired) electrons. The van der Waals surface area contributed by atoms with E-state index in [1.807, 2.05) is 31.2 Å². The molecule has 0 aliphatic carbocycles. The van der Waals surface area contributed by atoms with Crippen molar-refractivity contribution >= 4 is 18.3 Å². The zero-order chi connectivity index (χ0) is 16.9. The second kappa shape index (κ2) is 8.73. The van der Waals surface area contributed by atoms with Crippen LogP contribution in [0.3, 0.4) is 0 Å². The van der Waals surface area contributed by atoms with Crippen molar-refractivity contribution in [2.75, 3.05) is 20.2 Å². The second-order valence-electron chi connectivity index (χ2n) is 5.75. The number of benzene rings is 1. The van der Waals surface area contributed by atoms with Gasteiger partial charge in [-0.25, -0.2) is 0 Å². The van der Waals surface area contributed by atoms with Gasteiger partial charge in [-0.2, -0.15) is 5.10 Å². The molecule has 3 N–H and O–H groups in total. The molecule has 8 heteroatoms. The first-order chi connectivity index (χ1) is 11.7. The fourth-order valence-electron chi connectivity index (χ4n) is 2.71. The number of H-pyrrole nitrogens is 1. The predicted molar refractivity (Wildman–Crippen MR) is 96.7 cm³/mol. The fraction of sp³-hybridized carbons (Fsp3) is 0.412. The highest BCUT2D eigenvalue weighted by atomic mass is 35.5. The molecule has 7 nitrogen and oxygen atoms in total. The van der Waals surface area contributed by atoms with Crippen LogP contribution in [-0.4, -0.2) is 42.4 Å². The van der Waals surface area contributed by atoms with Crippen molar-refractivity contribution in [1.29, 1.82) is 0 Å². The third kappa shape index (κ3) is 4.43. The number of aromatic amines is 1. The van der Waals surface area contributed by atoms with Crippen LogP contribution in [0.25, 0.3) is 0 Å². The topological polar surface area (TPSA) is 88.3 Å². The number of methoxy groups -OCH3 is 1. The zero-order valence-corrected chi connectivity index (χ0v) is 15.1. The minimum atomic E-state index is -0.196. The van der Waals surface area contributed by atoms with E-state index in [4.69, 9.17) is 9.47 Å². The molecule has 2 heterocycles. The Hall–Kier alpha value is -2.25. The molecule has 1 aliphatic rings. The number of hydrogen-bond acceptors (Lipinski definition) is 5. The lowest BCUT2D eigenvalue weighted by atomic mass is 10.1. The van der Waals surface area contributed by atoms with Gasteiger partial charge in [0.05, 0.1) is 13.7 Å². The summed E-state index contributed by atoms with van der Waals surface area (Å²) in [5.74, 6) is 1.14. The van der Waals surface area contributed by atoms with E-state index < -0.39 is 0 Å². The summed E-state index contributed by atoms with van der Waals surface area (Å²) >= 11 is 0. The monoisotopic (exact) mass is 366 g/mol. The summed E-state index contributed by atoms with van der Waals surface area (Å²) < 4.78 is 11.1. The number of para-hydroxylation sites is 2. The Labute approximate surface area is 152 Å². The number of nitrogens with one attached hydrogen (secondary N) is 3. The Balaban J connectivity index is 0.00000225. The van der Waals surface area contributed by atoms with Gasteiger partial charge in [-0.05, 0) is 19.1 Å². The molecular formula is C17H23ClN4O3. The minimum Gasteiger partial charge on any atom is -0.493 e. The maximum Gasteiger partial charge on any atom is 0.272 e. The number of nitrogens with zero attached hydrogens (tertiary/aromatic N) is 1. The molecule has 0 bridgehead atoms. The number of carbonyl (C=O) groups is 1. The number of amides is 1. The second-order valence-corrected chi connectivity index (χ2v) is 5.75. The molecule has 0 fully saturated rings. The highest BCUT2D eigenvalue weighted by Crippen LogP contribution is 2.26. The summed E-state index contributed by atoms with van der Waals surface area (Å²) in [6.45, 7) is 3.85. The van der Waals surface area contributed by atoms with E-state index in [1.165, 1.54) is 0 Å². The average molecular weight is 367 g/mol. The van der Waals surface area contributed by atoms with Crippen molar-refractivity contribution < 1.29 is 14.3 Å². The van der Waals surface area contributed by atoms with Crippen LogP contribution < -0.4 is 20.1 Å². The number of ether oxygens (including phenoxy) is 2. The molecule has 1 aromatic heterocycles. The van der Waals surface area contributed by atoms with E-state index >= 15 is 0 Å². The Morgan fingerprint density at radius 3 is 2.88 bits per heavy atom. The highest BCUT2D eigenvalue weighted by Gasteiger charge is 2.21. The van der Waals surface area contributed by atoms with E-state index in [0.29, 0.717) is 30.3 Å². The molecule has 1 amide bonds. The lowest BCUT2D eigenvalue weighted by Gasteiger charge is -2.17. The van der Waals surface area contributed by atoms with Gasteiger partial charge in [0.1, 0.15) is 6.10 Å². The first-order valence-corrected chi connectivity index (χ1v) is 8.03. The van der Waals surface area contributed by atoms with E-state index in [2.05, 4.69) is 20.8 Å². The number of hydrogen-bond donors (Lipinski definition) is 3. The molecule has 1 aliphatic heterocycles. The number of aromatic nitrogens is 2. The van der Waals surface area contributed by atoms with Crippen LogP contribution in [0.2, 0.25) is 0 Å². The minimum absolute atomic E-state index is 0. The van der Waals surface area contributed by atoms with Crippen LogP contribution in [0.1, 0.15) is 28.7 Å². The number of rotatable bonds is 6. The van der Waals surface area contributed by atoms with E-state index in [1.54, 1.807) is 7.11 Å². The predicted octanol–water partition coefficient (Wildman–Crippen LogP) is 1.68. The summed E-state index contributed by atoms with van der Waals surface area (Å²) in [5, 5.41) is 13.2. The van der Waals surface area contributed by atoms with Gasteiger partial charge >= 0.3 is 0 Å². The number of fused-ring (bicyclic) bond motifs is 1. The Bertz CT molecular complexity index is 720. The van der Waals surface area contributed by atoms with Gasteiger partial charge in [0.2, 0.25) is 0 Å². The summed E-state index contributed by atoms with van der Waals surface area (Å²) in [7, 11) is 1.60. The Morgan fingerprint density at radius 2 is 2.12 bits per heavy atom. The van der Waals surface area contributed by atoms with Gasteiger partial charge in [-0.1, -0.05) is 12.1 Å². The van der Waals surface area contributed by atoms with Gasteiger partial charge in [0.15, 0.2) is 17.2 Å². The first-order valence-electron chi connectivity index (χ1n) is 8.03. The van der Waals surface area contributed by atoms with Gasteiger partial charge in [0, 0.05) is 30.8 Å². The van der Waals surface area contributed by atoms with Crippen molar-refractivity contribution in [3.8, 4) is 11.5 Å². The third-order valence-corrected chi connectivity index (χ3v) is 3.97. The summed E-state index contributed by atoms with van der Waals surface area (Å²) in [6, 6.07) is 7.44. The normalized spacial score (nSPS) is 14.0. The first kappa shape index (κ1) is 19.1. The molecule has 1 unspecified atom stereocenters. The average Bonchev–Trinajstić information content (AvgIpc) is 3.04. The van der Waals surface area contributed by atoms with Crippen LogP contribution in [-0.2, 0) is 13.0 Å². The summed E-state index contributed by atoms with van der Waals surface area (Å²) in [5.41, 5.74) is 2.45. The lowest BCUT2D eigenvalue weighted by molar-refractivity contribution is 0.0925. The molecule has 0 saturated carbocycles. The zero-order valence-electron chi connectivity index (χ0n) is 14.3. The molecule has 0 spiro atoms. The van der Waals surface area contributed by atoms with Crippen LogP contribution in [0.4, 0.5) is 0 Å². The summed E-state index contributed by atoms with van der Waals surface area (Å²) in [6.07, 6.45) is 0.668. The number of carbonyl (C=O) groups excluding carboxylic acids is 1. The van der Waals surface area contributed by atoms with Crippen molar-refractivity contribution in [1.82, 2.24) is 20.8 Å². The summed E-state index contributed by atoms with van der Waals surface area (Å²) in [4.78, 5) is 12.4. The quantitative estimate of drug-likeness (QED) is 0.724. The van der Waals surface area contributed by atoms with Crippen LogP contribution in [0, 0.1) is 0 Å². The lowest BCUT2D eigenvalue weighted by Crippen LogP contribution is -2.35. The highest BCUT2D eigenvalue weighted by molar-refractivity contribution is 5.94. The molecule has 1 aromatic carbocycles. The smallest absolute Gasteiger partial charge is 0.272 e. The van der Waals surface area contributed by atoms with E-state index in [-0.39, 0.29) is 24.4 Å². The molecule has 3 rings (SSSR count). The standard InChI is InChI=1S/C17H22N4O3.ClH/c1-11(24-15-6-4-3-5-14(15)23-2)9-19-17(22)16-12-10-18-8-7-13(12)20-21-16;/h3-6,11,18H,7-10H2,1-2H3,(H,19,22)(H,20,21);1H. The van der Waals surface area contributed by atoms with Crippen molar-refractivity contribution in [2.24, 2.45) is 0 Å². The van der Waals surface area contributed by atoms with Gasteiger partial charge < -0.3 is 20.1 Å². The van der Waals surface area contributed by atoms with Crippen molar-refractivity contribution in [3.63, 3.8) is 0 Å². The van der Waals surface area contributed by atoms with Gasteiger partial charge in [-0.3, -0.25) is 9.89 Å². The molecule has 0 saturated heterocycles. The largest absolute Gasteiger partial charge is 0.493 e. The fourth-order valence-corrected chi connectivity index (χ4v) is 2.71. The van der Waals surface area contributed by atoms with E-state index in [0.717, 1.165) is 24.2 Å². The van der Waals surface area contributed by atoms with Gasteiger partial charge in [-0.15, -0.1) is 12.4 Å². The van der Waals surface area contributed by atoms with Crippen LogP contribution in [0.5, 0.6) is 11.5 Å². The Kier molecular flexibility index (Phi) is 6.66. The number of halogens is 1. The third-order valence-electron chi connectivity index (χ3n) is 3.97. The maximum absolute atomic E-state index is 12.4. The molecule has 2 aromatic rings. The van der Waals surface area contributed by atoms with Crippen LogP contribution >= 0.6 is 12.4 Å². The Morgan fingerprint density at radius 1 is 1.36 bits per heavy atom. The van der Waals surface area contributed by atoms with E-state index in [9.17, 15) is 4.79 Å². The van der Waals surface area contributed by atoms with Crippen molar-refractivity contribution in [3.05, 3.63) is 41.2 Å². The molecular weight excluding hydrogens is 344 g/mol. The molecule has 25 heavy (non-hydrogen) atoms. The maximum atomic E-state index is 12.4. The van der Waals surface area contributed by atoms with Gasteiger partial charge in [0.25, 0.3) is 5.91 Å². The van der Waals surface area contributed by atoms with Crippen LogP contribution in [0.15, 0.2) is 24.3 Å². The molecule has 1 atom stereocenters.